The van der Waals surface area contributed by atoms with E-state index in [-0.39, 0.29) is 11.9 Å². The summed E-state index contributed by atoms with van der Waals surface area (Å²) < 4.78 is 25.0. The van der Waals surface area contributed by atoms with Crippen LogP contribution in [0.4, 0.5) is 8.78 Å². The van der Waals surface area contributed by atoms with E-state index in [0.29, 0.717) is 5.92 Å². The molecule has 2 fully saturated rings. The van der Waals surface area contributed by atoms with Gasteiger partial charge < -0.3 is 10.2 Å². The van der Waals surface area contributed by atoms with Crippen LogP contribution in [0.2, 0.25) is 0 Å². The van der Waals surface area contributed by atoms with Crippen molar-refractivity contribution >= 4 is 5.91 Å². The standard InChI is InChI=1S/C9H14F2N2O/c1-6-2-7(12-3-6)8(14)13-4-9(10,11)5-13/h6-7,12H,2-5H2,1H3/t6?,7-/m0/s1. The summed E-state index contributed by atoms with van der Waals surface area (Å²) in [5, 5.41) is 3.05. The molecule has 0 aromatic rings. The normalized spacial score (nSPS) is 35.5. The van der Waals surface area contributed by atoms with Gasteiger partial charge in [0.15, 0.2) is 0 Å². The molecule has 0 radical (unpaired) electrons. The Hall–Kier alpha value is -0.710. The lowest BCUT2D eigenvalue weighted by Gasteiger charge is -2.39. The first kappa shape index (κ1) is 9.83. The molecule has 1 amide bonds. The van der Waals surface area contributed by atoms with Gasteiger partial charge in [0.25, 0.3) is 5.92 Å². The largest absolute Gasteiger partial charge is 0.329 e. The molecule has 2 heterocycles. The van der Waals surface area contributed by atoms with Crippen molar-refractivity contribution in [3.05, 3.63) is 0 Å². The Morgan fingerprint density at radius 2 is 2.14 bits per heavy atom. The highest BCUT2D eigenvalue weighted by atomic mass is 19.3. The Morgan fingerprint density at radius 3 is 2.57 bits per heavy atom. The van der Waals surface area contributed by atoms with Crippen LogP contribution >= 0.6 is 0 Å². The van der Waals surface area contributed by atoms with Crippen molar-refractivity contribution < 1.29 is 13.6 Å². The van der Waals surface area contributed by atoms with Gasteiger partial charge in [-0.1, -0.05) is 6.92 Å². The zero-order valence-electron chi connectivity index (χ0n) is 8.09. The van der Waals surface area contributed by atoms with Crippen LogP contribution in [-0.2, 0) is 4.79 Å². The zero-order valence-corrected chi connectivity index (χ0v) is 8.09. The number of nitrogens with zero attached hydrogens (tertiary/aromatic N) is 1. The van der Waals surface area contributed by atoms with Gasteiger partial charge in [-0.25, -0.2) is 8.78 Å². The second-order valence-corrected chi connectivity index (χ2v) is 4.35. The molecule has 0 aliphatic carbocycles. The van der Waals surface area contributed by atoms with Crippen LogP contribution in [0.1, 0.15) is 13.3 Å². The second kappa shape index (κ2) is 3.15. The molecule has 3 nitrogen and oxygen atoms in total. The highest BCUT2D eigenvalue weighted by Crippen LogP contribution is 2.28. The molecule has 0 spiro atoms. The Balaban J connectivity index is 1.85. The molecule has 0 aromatic heterocycles. The van der Waals surface area contributed by atoms with Crippen molar-refractivity contribution in [2.75, 3.05) is 19.6 Å². The first-order valence-corrected chi connectivity index (χ1v) is 4.88. The van der Waals surface area contributed by atoms with Crippen molar-refractivity contribution in [1.29, 1.82) is 0 Å². The highest BCUT2D eigenvalue weighted by molar-refractivity contribution is 5.83. The van der Waals surface area contributed by atoms with Gasteiger partial charge in [0.2, 0.25) is 5.91 Å². The number of likely N-dealkylation sites (tertiary alicyclic amines) is 1. The molecule has 0 aromatic carbocycles. The molecular weight excluding hydrogens is 190 g/mol. The Kier molecular flexibility index (Phi) is 2.21. The molecule has 2 aliphatic rings. The summed E-state index contributed by atoms with van der Waals surface area (Å²) in [7, 11) is 0. The number of hydrogen-bond acceptors (Lipinski definition) is 2. The van der Waals surface area contributed by atoms with E-state index in [1.54, 1.807) is 0 Å². The van der Waals surface area contributed by atoms with Gasteiger partial charge in [0.1, 0.15) is 0 Å². The smallest absolute Gasteiger partial charge is 0.282 e. The molecule has 1 unspecified atom stereocenters. The van der Waals surface area contributed by atoms with Crippen LogP contribution in [0.15, 0.2) is 0 Å². The SMILES string of the molecule is CC1CN[C@H](C(=O)N2CC(F)(F)C2)C1. The Labute approximate surface area is 81.4 Å². The molecule has 1 N–H and O–H groups in total. The predicted octanol–water partition coefficient (Wildman–Crippen LogP) is 0.462. The molecule has 80 valence electrons. The molecular formula is C9H14F2N2O. The maximum Gasteiger partial charge on any atom is 0.282 e. The number of hydrogen-bond donors (Lipinski definition) is 1. The molecule has 0 saturated carbocycles. The number of carbonyl (C=O) groups is 1. The fourth-order valence-corrected chi connectivity index (χ4v) is 1.99. The van der Waals surface area contributed by atoms with Crippen LogP contribution in [0, 0.1) is 5.92 Å². The fourth-order valence-electron chi connectivity index (χ4n) is 1.99. The lowest BCUT2D eigenvalue weighted by atomic mass is 10.0. The Morgan fingerprint density at radius 1 is 1.50 bits per heavy atom. The third kappa shape index (κ3) is 1.73. The van der Waals surface area contributed by atoms with Crippen molar-refractivity contribution in [3.8, 4) is 0 Å². The first-order chi connectivity index (χ1) is 6.48. The topological polar surface area (TPSA) is 32.3 Å². The molecule has 2 aliphatic heterocycles. The fraction of sp³-hybridized carbons (Fsp3) is 0.889. The lowest BCUT2D eigenvalue weighted by molar-refractivity contribution is -0.167. The average molecular weight is 204 g/mol. The minimum Gasteiger partial charge on any atom is -0.329 e. The van der Waals surface area contributed by atoms with Crippen LogP contribution in [0.3, 0.4) is 0 Å². The third-order valence-electron chi connectivity index (χ3n) is 2.80. The van der Waals surface area contributed by atoms with Gasteiger partial charge in [-0.3, -0.25) is 4.79 Å². The minimum absolute atomic E-state index is 0.166. The summed E-state index contributed by atoms with van der Waals surface area (Å²) in [6.07, 6.45) is 0.765. The summed E-state index contributed by atoms with van der Waals surface area (Å²) in [6.45, 7) is 2.04. The summed E-state index contributed by atoms with van der Waals surface area (Å²) in [6, 6.07) is -0.235. The van der Waals surface area contributed by atoms with Gasteiger partial charge in [0.05, 0.1) is 19.1 Å². The van der Waals surface area contributed by atoms with E-state index < -0.39 is 19.0 Å². The predicted molar refractivity (Wildman–Crippen MR) is 47.1 cm³/mol. The highest BCUT2D eigenvalue weighted by Gasteiger charge is 2.48. The number of alkyl halides is 2. The van der Waals surface area contributed by atoms with Crippen LogP contribution in [-0.4, -0.2) is 42.4 Å². The van der Waals surface area contributed by atoms with Gasteiger partial charge in [-0.05, 0) is 18.9 Å². The van der Waals surface area contributed by atoms with Gasteiger partial charge in [-0.2, -0.15) is 0 Å². The number of halogens is 2. The van der Waals surface area contributed by atoms with E-state index >= 15 is 0 Å². The van der Waals surface area contributed by atoms with E-state index in [9.17, 15) is 13.6 Å². The van der Waals surface area contributed by atoms with Gasteiger partial charge in [-0.15, -0.1) is 0 Å². The van der Waals surface area contributed by atoms with Crippen molar-refractivity contribution in [2.24, 2.45) is 5.92 Å². The summed E-state index contributed by atoms with van der Waals surface area (Å²) in [4.78, 5) is 12.8. The molecule has 0 bridgehead atoms. The van der Waals surface area contributed by atoms with Gasteiger partial charge in [0, 0.05) is 0 Å². The van der Waals surface area contributed by atoms with Gasteiger partial charge >= 0.3 is 0 Å². The summed E-state index contributed by atoms with van der Waals surface area (Å²) in [5.74, 6) is -2.36. The zero-order chi connectivity index (χ0) is 10.3. The van der Waals surface area contributed by atoms with Crippen molar-refractivity contribution in [1.82, 2.24) is 10.2 Å². The van der Waals surface area contributed by atoms with Crippen molar-refractivity contribution in [3.63, 3.8) is 0 Å². The maximum atomic E-state index is 12.5. The van der Waals surface area contributed by atoms with E-state index in [1.807, 2.05) is 6.92 Å². The second-order valence-electron chi connectivity index (χ2n) is 4.35. The van der Waals surface area contributed by atoms with E-state index in [4.69, 9.17) is 0 Å². The van der Waals surface area contributed by atoms with Crippen LogP contribution < -0.4 is 5.32 Å². The van der Waals surface area contributed by atoms with Crippen molar-refractivity contribution in [2.45, 2.75) is 25.3 Å². The van der Waals surface area contributed by atoms with E-state index in [1.165, 1.54) is 4.90 Å². The van der Waals surface area contributed by atoms with Crippen LogP contribution in [0.5, 0.6) is 0 Å². The van der Waals surface area contributed by atoms with Crippen LogP contribution in [0.25, 0.3) is 0 Å². The van der Waals surface area contributed by atoms with E-state index in [0.717, 1.165) is 13.0 Å². The molecule has 2 rings (SSSR count). The average Bonchev–Trinajstić information content (AvgIpc) is 2.46. The lowest BCUT2D eigenvalue weighted by Crippen LogP contribution is -2.61. The summed E-state index contributed by atoms with van der Waals surface area (Å²) in [5.41, 5.74) is 0. The number of carbonyl (C=O) groups excluding carboxylic acids is 1. The number of nitrogens with one attached hydrogen (secondary N) is 1. The molecule has 2 saturated heterocycles. The van der Waals surface area contributed by atoms with E-state index in [2.05, 4.69) is 5.32 Å². The summed E-state index contributed by atoms with van der Waals surface area (Å²) >= 11 is 0. The molecule has 5 heteroatoms. The first-order valence-electron chi connectivity index (χ1n) is 4.88. The quantitative estimate of drug-likeness (QED) is 0.673. The molecule has 2 atom stereocenters. The Bertz CT molecular complexity index is 249. The maximum absolute atomic E-state index is 12.5. The molecule has 14 heavy (non-hydrogen) atoms. The number of rotatable bonds is 1. The minimum atomic E-state index is -2.65. The monoisotopic (exact) mass is 204 g/mol. The number of amides is 1. The third-order valence-corrected chi connectivity index (χ3v) is 2.80.